The molecule has 0 unspecified atom stereocenters. The van der Waals surface area contributed by atoms with Gasteiger partial charge in [0.05, 0.1) is 5.51 Å². The number of terminal acetylenes is 1. The summed E-state index contributed by atoms with van der Waals surface area (Å²) in [6.07, 6.45) is 5.72. The van der Waals surface area contributed by atoms with Gasteiger partial charge in [-0.15, -0.1) is 17.8 Å². The number of rotatable bonds is 1. The van der Waals surface area contributed by atoms with Gasteiger partial charge >= 0.3 is 0 Å². The molecule has 0 aliphatic heterocycles. The van der Waals surface area contributed by atoms with Crippen LogP contribution in [0.4, 0.5) is 0 Å². The largest absolute Gasteiger partial charge is 0.297 e. The van der Waals surface area contributed by atoms with Crippen molar-refractivity contribution >= 4 is 17.6 Å². The Morgan fingerprint density at radius 2 is 2.67 bits per heavy atom. The molecule has 3 heteroatoms. The lowest BCUT2D eigenvalue weighted by molar-refractivity contribution is 0.112. The second-order valence-electron chi connectivity index (χ2n) is 1.33. The van der Waals surface area contributed by atoms with Crippen molar-refractivity contribution in [2.45, 2.75) is 0 Å². The number of thiazole rings is 1. The third-order valence-electron chi connectivity index (χ3n) is 0.839. The first kappa shape index (κ1) is 5.99. The first-order chi connectivity index (χ1) is 4.38. The Hall–Kier alpha value is -1.14. The molecule has 44 valence electrons. The van der Waals surface area contributed by atoms with Crippen molar-refractivity contribution < 1.29 is 4.79 Å². The molecule has 1 heterocycles. The van der Waals surface area contributed by atoms with Crippen molar-refractivity contribution in [2.75, 3.05) is 0 Å². The van der Waals surface area contributed by atoms with Gasteiger partial charge in [-0.3, -0.25) is 4.79 Å². The minimum Gasteiger partial charge on any atom is -0.297 e. The van der Waals surface area contributed by atoms with E-state index in [1.54, 1.807) is 5.51 Å². The van der Waals surface area contributed by atoms with Crippen LogP contribution in [0.3, 0.4) is 0 Å². The highest BCUT2D eigenvalue weighted by molar-refractivity contribution is 7.11. The quantitative estimate of drug-likeness (QED) is 0.426. The molecule has 1 aromatic heterocycles. The Bertz CT molecular complexity index is 258. The lowest BCUT2D eigenvalue weighted by Gasteiger charge is -1.76. The zero-order valence-electron chi connectivity index (χ0n) is 4.50. The van der Waals surface area contributed by atoms with Crippen LogP contribution in [-0.2, 0) is 0 Å². The highest BCUT2D eigenvalue weighted by Gasteiger charge is 1.98. The van der Waals surface area contributed by atoms with Crippen molar-refractivity contribution in [3.8, 4) is 12.3 Å². The lowest BCUT2D eigenvalue weighted by atomic mass is 10.4. The van der Waals surface area contributed by atoms with Gasteiger partial charge in [0.25, 0.3) is 0 Å². The molecule has 0 aromatic carbocycles. The van der Waals surface area contributed by atoms with E-state index < -0.39 is 0 Å². The monoisotopic (exact) mass is 137 g/mol. The maximum Gasteiger partial charge on any atom is 0.162 e. The average Bonchev–Trinajstić information content (AvgIpc) is 2.33. The van der Waals surface area contributed by atoms with Gasteiger partial charge in [0.15, 0.2) is 6.29 Å². The SMILES string of the molecule is C#Cc1ncsc1C=O. The van der Waals surface area contributed by atoms with Gasteiger partial charge in [0, 0.05) is 0 Å². The van der Waals surface area contributed by atoms with Crippen LogP contribution in [-0.4, -0.2) is 11.3 Å². The van der Waals surface area contributed by atoms with E-state index in [2.05, 4.69) is 10.9 Å². The predicted molar refractivity (Wildman–Crippen MR) is 35.4 cm³/mol. The van der Waals surface area contributed by atoms with E-state index in [9.17, 15) is 4.79 Å². The lowest BCUT2D eigenvalue weighted by Crippen LogP contribution is -1.78. The van der Waals surface area contributed by atoms with Crippen molar-refractivity contribution in [3.05, 3.63) is 16.1 Å². The summed E-state index contributed by atoms with van der Waals surface area (Å²) in [6, 6.07) is 0. The zero-order chi connectivity index (χ0) is 6.69. The summed E-state index contributed by atoms with van der Waals surface area (Å²) in [5, 5.41) is 0. The molecule has 0 saturated carbocycles. The van der Waals surface area contributed by atoms with Crippen molar-refractivity contribution in [3.63, 3.8) is 0 Å². The summed E-state index contributed by atoms with van der Waals surface area (Å²) in [5.74, 6) is 2.29. The van der Waals surface area contributed by atoms with Crippen LogP contribution in [0.15, 0.2) is 5.51 Å². The number of carbonyl (C=O) groups excluding carboxylic acids is 1. The molecule has 1 aromatic rings. The van der Waals surface area contributed by atoms with Gasteiger partial charge < -0.3 is 0 Å². The van der Waals surface area contributed by atoms with Gasteiger partial charge in [0.2, 0.25) is 0 Å². The molecule has 0 amide bonds. The van der Waals surface area contributed by atoms with E-state index in [1.165, 1.54) is 11.3 Å². The van der Waals surface area contributed by atoms with Crippen LogP contribution < -0.4 is 0 Å². The number of aromatic nitrogens is 1. The molecule has 0 radical (unpaired) electrons. The van der Waals surface area contributed by atoms with E-state index in [0.29, 0.717) is 16.9 Å². The Morgan fingerprint density at radius 1 is 1.89 bits per heavy atom. The van der Waals surface area contributed by atoms with E-state index in [4.69, 9.17) is 6.42 Å². The van der Waals surface area contributed by atoms with Crippen molar-refractivity contribution in [1.29, 1.82) is 0 Å². The maximum atomic E-state index is 10.1. The van der Waals surface area contributed by atoms with Crippen molar-refractivity contribution in [2.24, 2.45) is 0 Å². The van der Waals surface area contributed by atoms with E-state index >= 15 is 0 Å². The fourth-order valence-corrected chi connectivity index (χ4v) is 0.998. The first-order valence-electron chi connectivity index (χ1n) is 2.23. The zero-order valence-corrected chi connectivity index (χ0v) is 5.31. The summed E-state index contributed by atoms with van der Waals surface area (Å²) in [7, 11) is 0. The van der Waals surface area contributed by atoms with Crippen LogP contribution in [0, 0.1) is 12.3 Å². The molecule has 0 bridgehead atoms. The Labute approximate surface area is 56.5 Å². The van der Waals surface area contributed by atoms with Crippen LogP contribution in [0.2, 0.25) is 0 Å². The van der Waals surface area contributed by atoms with E-state index in [1.807, 2.05) is 0 Å². The Balaban J connectivity index is 3.17. The number of aldehydes is 1. The van der Waals surface area contributed by atoms with Gasteiger partial charge in [-0.25, -0.2) is 4.98 Å². The highest BCUT2D eigenvalue weighted by atomic mass is 32.1. The molecule has 0 saturated heterocycles. The topological polar surface area (TPSA) is 30.0 Å². The number of hydrogen-bond donors (Lipinski definition) is 0. The van der Waals surface area contributed by atoms with Crippen LogP contribution in [0.1, 0.15) is 15.4 Å². The third kappa shape index (κ3) is 0.980. The van der Waals surface area contributed by atoms with Gasteiger partial charge in [-0.2, -0.15) is 0 Å². The number of carbonyl (C=O) groups is 1. The first-order valence-corrected chi connectivity index (χ1v) is 3.11. The average molecular weight is 137 g/mol. The van der Waals surface area contributed by atoms with Gasteiger partial charge in [-0.05, 0) is 5.92 Å². The van der Waals surface area contributed by atoms with Gasteiger partial charge in [0.1, 0.15) is 10.6 Å². The fraction of sp³-hybridized carbons (Fsp3) is 0. The van der Waals surface area contributed by atoms with Crippen molar-refractivity contribution in [1.82, 2.24) is 4.98 Å². The van der Waals surface area contributed by atoms with Gasteiger partial charge in [-0.1, -0.05) is 0 Å². The van der Waals surface area contributed by atoms with Crippen LogP contribution >= 0.6 is 11.3 Å². The minimum absolute atomic E-state index is 0.440. The predicted octanol–water partition coefficient (Wildman–Crippen LogP) is 0.937. The van der Waals surface area contributed by atoms with Crippen LogP contribution in [0.5, 0.6) is 0 Å². The summed E-state index contributed by atoms with van der Waals surface area (Å²) in [6.45, 7) is 0. The fourth-order valence-electron chi connectivity index (χ4n) is 0.447. The normalized spacial score (nSPS) is 8.33. The standard InChI is InChI=1S/C6H3NOS/c1-2-5-6(3-8)9-4-7-5/h1,3-4H. The molecular formula is C6H3NOS. The Morgan fingerprint density at radius 3 is 3.11 bits per heavy atom. The molecule has 9 heavy (non-hydrogen) atoms. The maximum absolute atomic E-state index is 10.1. The third-order valence-corrected chi connectivity index (χ3v) is 1.59. The molecule has 0 atom stereocenters. The second-order valence-corrected chi connectivity index (χ2v) is 2.21. The summed E-state index contributed by atoms with van der Waals surface area (Å²) >= 11 is 1.25. The summed E-state index contributed by atoms with van der Waals surface area (Å²) in [4.78, 5) is 14.4. The highest BCUT2D eigenvalue weighted by Crippen LogP contribution is 2.07. The number of hydrogen-bond acceptors (Lipinski definition) is 3. The molecule has 2 nitrogen and oxygen atoms in total. The van der Waals surface area contributed by atoms with Crippen LogP contribution in [0.25, 0.3) is 0 Å². The minimum atomic E-state index is 0.440. The molecule has 0 spiro atoms. The van der Waals surface area contributed by atoms with E-state index in [0.717, 1.165) is 0 Å². The Kier molecular flexibility index (Phi) is 1.61. The summed E-state index contributed by atoms with van der Waals surface area (Å²) < 4.78 is 0. The molecule has 1 rings (SSSR count). The molecular weight excluding hydrogens is 134 g/mol. The molecule has 0 fully saturated rings. The molecule has 0 N–H and O–H groups in total. The van der Waals surface area contributed by atoms with E-state index in [-0.39, 0.29) is 0 Å². The second kappa shape index (κ2) is 2.42. The summed E-state index contributed by atoms with van der Waals surface area (Å²) in [5.41, 5.74) is 1.99. The molecule has 0 aliphatic rings. The molecule has 0 aliphatic carbocycles. The smallest absolute Gasteiger partial charge is 0.162 e. The number of nitrogens with zero attached hydrogens (tertiary/aromatic N) is 1.